The van der Waals surface area contributed by atoms with Crippen molar-refractivity contribution >= 4 is 0 Å². The second kappa shape index (κ2) is 5.10. The Bertz CT molecular complexity index is 152. The van der Waals surface area contributed by atoms with E-state index < -0.39 is 5.79 Å². The van der Waals surface area contributed by atoms with Gasteiger partial charge >= 0.3 is 0 Å². The minimum atomic E-state index is -0.417. The van der Waals surface area contributed by atoms with Gasteiger partial charge < -0.3 is 14.2 Å². The lowest BCUT2D eigenvalue weighted by Crippen LogP contribution is -2.47. The Morgan fingerprint density at radius 2 is 1.50 bits per heavy atom. The van der Waals surface area contributed by atoms with Gasteiger partial charge in [-0.2, -0.15) is 0 Å². The summed E-state index contributed by atoms with van der Waals surface area (Å²) in [7, 11) is 3.43. The number of hydrogen-bond donors (Lipinski definition) is 0. The molecule has 1 fully saturated rings. The van der Waals surface area contributed by atoms with Gasteiger partial charge in [-0.05, 0) is 12.8 Å². The van der Waals surface area contributed by atoms with Crippen molar-refractivity contribution < 1.29 is 14.2 Å². The summed E-state index contributed by atoms with van der Waals surface area (Å²) in [6, 6.07) is 0. The van der Waals surface area contributed by atoms with Gasteiger partial charge in [-0.3, -0.25) is 0 Å². The molecule has 0 N–H and O–H groups in total. The average Bonchev–Trinajstić information content (AvgIpc) is 2.28. The Kier molecular flexibility index (Phi) is 4.35. The molecule has 0 aromatic heterocycles. The topological polar surface area (TPSA) is 27.7 Å². The van der Waals surface area contributed by atoms with Crippen molar-refractivity contribution in [3.63, 3.8) is 0 Å². The SMILES string of the molecule is CC[C@@H]1CC(OC)(OC)C[C@H](CC)O1. The second-order valence-corrected chi connectivity index (χ2v) is 3.92. The summed E-state index contributed by atoms with van der Waals surface area (Å²) in [5, 5.41) is 0. The van der Waals surface area contributed by atoms with E-state index in [1.54, 1.807) is 14.2 Å². The summed E-state index contributed by atoms with van der Waals surface area (Å²) >= 11 is 0. The molecule has 0 spiro atoms. The Balaban J connectivity index is 2.67. The van der Waals surface area contributed by atoms with Gasteiger partial charge in [-0.25, -0.2) is 0 Å². The molecule has 3 heteroatoms. The van der Waals surface area contributed by atoms with E-state index in [9.17, 15) is 0 Å². The van der Waals surface area contributed by atoms with Gasteiger partial charge in [-0.1, -0.05) is 13.8 Å². The van der Waals surface area contributed by atoms with E-state index in [0.29, 0.717) is 0 Å². The minimum Gasteiger partial charge on any atom is -0.375 e. The Morgan fingerprint density at radius 1 is 1.07 bits per heavy atom. The first-order chi connectivity index (χ1) is 6.69. The zero-order valence-electron chi connectivity index (χ0n) is 9.71. The number of rotatable bonds is 4. The molecule has 1 rings (SSSR count). The Hall–Kier alpha value is -0.120. The highest BCUT2D eigenvalue weighted by Gasteiger charge is 2.40. The monoisotopic (exact) mass is 202 g/mol. The molecule has 0 aromatic carbocycles. The van der Waals surface area contributed by atoms with Crippen molar-refractivity contribution in [2.24, 2.45) is 0 Å². The van der Waals surface area contributed by atoms with Crippen LogP contribution in [0.2, 0.25) is 0 Å². The van der Waals surface area contributed by atoms with E-state index in [2.05, 4.69) is 13.8 Å². The summed E-state index contributed by atoms with van der Waals surface area (Å²) in [6.45, 7) is 4.28. The molecular weight excluding hydrogens is 180 g/mol. The lowest BCUT2D eigenvalue weighted by Gasteiger charge is -2.42. The molecule has 0 aromatic rings. The maximum Gasteiger partial charge on any atom is 0.172 e. The molecule has 1 heterocycles. The van der Waals surface area contributed by atoms with Crippen LogP contribution in [0.4, 0.5) is 0 Å². The van der Waals surface area contributed by atoms with Gasteiger partial charge in [0.05, 0.1) is 12.2 Å². The summed E-state index contributed by atoms with van der Waals surface area (Å²) in [6.07, 6.45) is 4.26. The van der Waals surface area contributed by atoms with E-state index in [0.717, 1.165) is 25.7 Å². The second-order valence-electron chi connectivity index (χ2n) is 3.92. The quantitative estimate of drug-likeness (QED) is 0.655. The largest absolute Gasteiger partial charge is 0.375 e. The third-order valence-corrected chi connectivity index (χ3v) is 3.12. The number of ether oxygens (including phenoxy) is 3. The molecule has 1 aliphatic heterocycles. The Labute approximate surface area is 86.7 Å². The van der Waals surface area contributed by atoms with E-state index in [-0.39, 0.29) is 12.2 Å². The third kappa shape index (κ3) is 2.47. The minimum absolute atomic E-state index is 0.272. The fourth-order valence-corrected chi connectivity index (χ4v) is 2.04. The first-order valence-corrected chi connectivity index (χ1v) is 5.45. The van der Waals surface area contributed by atoms with Crippen molar-refractivity contribution in [1.29, 1.82) is 0 Å². The number of methoxy groups -OCH3 is 2. The summed E-state index contributed by atoms with van der Waals surface area (Å²) in [5.74, 6) is -0.417. The molecular formula is C11H22O3. The third-order valence-electron chi connectivity index (χ3n) is 3.12. The maximum atomic E-state index is 5.88. The fraction of sp³-hybridized carbons (Fsp3) is 1.00. The standard InChI is InChI=1S/C11H22O3/c1-5-9-7-11(12-3,13-4)8-10(6-2)14-9/h9-10H,5-8H2,1-4H3/t9-,10+. The van der Waals surface area contributed by atoms with E-state index in [1.807, 2.05) is 0 Å². The van der Waals surface area contributed by atoms with E-state index >= 15 is 0 Å². The molecule has 0 amide bonds. The smallest absolute Gasteiger partial charge is 0.172 e. The lowest BCUT2D eigenvalue weighted by atomic mass is 9.94. The lowest BCUT2D eigenvalue weighted by molar-refractivity contribution is -0.273. The van der Waals surface area contributed by atoms with Crippen LogP contribution >= 0.6 is 0 Å². The van der Waals surface area contributed by atoms with Crippen LogP contribution in [0, 0.1) is 0 Å². The summed E-state index contributed by atoms with van der Waals surface area (Å²) in [4.78, 5) is 0. The van der Waals surface area contributed by atoms with Gasteiger partial charge in [0.25, 0.3) is 0 Å². The van der Waals surface area contributed by atoms with Gasteiger partial charge in [0.15, 0.2) is 5.79 Å². The molecule has 1 saturated heterocycles. The van der Waals surface area contributed by atoms with Crippen molar-refractivity contribution in [2.75, 3.05) is 14.2 Å². The zero-order valence-corrected chi connectivity index (χ0v) is 9.71. The molecule has 0 radical (unpaired) electrons. The van der Waals surface area contributed by atoms with Crippen molar-refractivity contribution in [3.05, 3.63) is 0 Å². The molecule has 0 bridgehead atoms. The van der Waals surface area contributed by atoms with Crippen LogP contribution in [-0.4, -0.2) is 32.2 Å². The molecule has 0 unspecified atom stereocenters. The molecule has 0 aliphatic carbocycles. The van der Waals surface area contributed by atoms with Crippen molar-refractivity contribution in [1.82, 2.24) is 0 Å². The van der Waals surface area contributed by atoms with Gasteiger partial charge in [0, 0.05) is 27.1 Å². The predicted octanol–water partition coefficient (Wildman–Crippen LogP) is 2.34. The highest BCUT2D eigenvalue weighted by Crippen LogP contribution is 2.34. The molecule has 2 atom stereocenters. The normalized spacial score (nSPS) is 31.7. The molecule has 84 valence electrons. The van der Waals surface area contributed by atoms with E-state index in [1.165, 1.54) is 0 Å². The van der Waals surface area contributed by atoms with Crippen LogP contribution in [-0.2, 0) is 14.2 Å². The van der Waals surface area contributed by atoms with E-state index in [4.69, 9.17) is 14.2 Å². The van der Waals surface area contributed by atoms with Crippen LogP contribution in [0.15, 0.2) is 0 Å². The Morgan fingerprint density at radius 3 is 1.79 bits per heavy atom. The molecule has 0 saturated carbocycles. The first kappa shape index (κ1) is 12.0. The molecule has 3 nitrogen and oxygen atoms in total. The fourth-order valence-electron chi connectivity index (χ4n) is 2.04. The van der Waals surface area contributed by atoms with Crippen LogP contribution in [0.25, 0.3) is 0 Å². The first-order valence-electron chi connectivity index (χ1n) is 5.45. The molecule has 1 aliphatic rings. The van der Waals surface area contributed by atoms with Gasteiger partial charge in [0.1, 0.15) is 0 Å². The zero-order chi connectivity index (χ0) is 10.6. The van der Waals surface area contributed by atoms with Gasteiger partial charge in [-0.15, -0.1) is 0 Å². The maximum absolute atomic E-state index is 5.88. The molecule has 14 heavy (non-hydrogen) atoms. The van der Waals surface area contributed by atoms with Crippen LogP contribution in [0.1, 0.15) is 39.5 Å². The highest BCUT2D eigenvalue weighted by atomic mass is 16.7. The van der Waals surface area contributed by atoms with Crippen molar-refractivity contribution in [3.8, 4) is 0 Å². The summed E-state index contributed by atoms with van der Waals surface area (Å²) < 4.78 is 16.9. The predicted molar refractivity (Wildman–Crippen MR) is 55.2 cm³/mol. The van der Waals surface area contributed by atoms with Crippen LogP contribution < -0.4 is 0 Å². The van der Waals surface area contributed by atoms with Crippen LogP contribution in [0.5, 0.6) is 0 Å². The van der Waals surface area contributed by atoms with Crippen molar-refractivity contribution in [2.45, 2.75) is 57.5 Å². The summed E-state index contributed by atoms with van der Waals surface area (Å²) in [5.41, 5.74) is 0. The van der Waals surface area contributed by atoms with Crippen LogP contribution in [0.3, 0.4) is 0 Å². The highest BCUT2D eigenvalue weighted by molar-refractivity contribution is 4.83. The van der Waals surface area contributed by atoms with Gasteiger partial charge in [0.2, 0.25) is 0 Å². The number of hydrogen-bond acceptors (Lipinski definition) is 3. The average molecular weight is 202 g/mol.